The van der Waals surface area contributed by atoms with Gasteiger partial charge in [-0.1, -0.05) is 59.1 Å². The maximum atomic E-state index is 13.9. The van der Waals surface area contributed by atoms with Crippen LogP contribution < -0.4 is 10.6 Å². The lowest BCUT2D eigenvalue weighted by Gasteiger charge is -2.35. The molecule has 2 aliphatic carbocycles. The van der Waals surface area contributed by atoms with E-state index in [0.717, 1.165) is 44.2 Å². The van der Waals surface area contributed by atoms with E-state index in [1.807, 2.05) is 40.8 Å². The molecule has 0 bridgehead atoms. The third-order valence-corrected chi connectivity index (χ3v) is 7.91. The molecule has 0 aromatic carbocycles. The van der Waals surface area contributed by atoms with Crippen LogP contribution in [0.2, 0.25) is 0 Å². The van der Waals surface area contributed by atoms with Crippen molar-refractivity contribution in [1.29, 1.82) is 0 Å². The Morgan fingerprint density at radius 3 is 2.35 bits per heavy atom. The largest absolute Gasteiger partial charge is 0.391 e. The third kappa shape index (κ3) is 6.51. The molecule has 2 heterocycles. The zero-order valence-corrected chi connectivity index (χ0v) is 22.9. The lowest BCUT2D eigenvalue weighted by atomic mass is 9.85. The molecule has 0 radical (unpaired) electrons. The quantitative estimate of drug-likeness (QED) is 0.486. The second kappa shape index (κ2) is 11.1. The fourth-order valence-electron chi connectivity index (χ4n) is 5.65. The summed E-state index contributed by atoms with van der Waals surface area (Å²) in [5.41, 5.74) is 0.391. The Morgan fingerprint density at radius 2 is 1.76 bits per heavy atom. The Balaban J connectivity index is 1.49. The number of β-amino-alcohol motifs (C(OH)–C–C–N with tert-alkyl or cyclic N) is 1. The average molecular weight is 517 g/mol. The van der Waals surface area contributed by atoms with Crippen LogP contribution >= 0.6 is 0 Å². The topological polar surface area (TPSA) is 129 Å². The van der Waals surface area contributed by atoms with Crippen LogP contribution in [0.3, 0.4) is 0 Å². The van der Waals surface area contributed by atoms with Crippen molar-refractivity contribution in [2.45, 2.75) is 122 Å². The van der Waals surface area contributed by atoms with E-state index < -0.39 is 35.6 Å². The predicted molar refractivity (Wildman–Crippen MR) is 138 cm³/mol. The summed E-state index contributed by atoms with van der Waals surface area (Å²) < 4.78 is 1.62. The van der Waals surface area contributed by atoms with Gasteiger partial charge < -0.3 is 20.6 Å². The number of nitrogens with one attached hydrogen (secondary N) is 2. The van der Waals surface area contributed by atoms with E-state index in [1.165, 1.54) is 11.3 Å². The molecule has 10 nitrogen and oxygen atoms in total. The summed E-state index contributed by atoms with van der Waals surface area (Å²) in [4.78, 5) is 42.0. The summed E-state index contributed by atoms with van der Waals surface area (Å²) >= 11 is 0. The van der Waals surface area contributed by atoms with Crippen molar-refractivity contribution in [3.8, 4) is 0 Å². The van der Waals surface area contributed by atoms with E-state index >= 15 is 0 Å². The van der Waals surface area contributed by atoms with Gasteiger partial charge in [0.1, 0.15) is 18.1 Å². The molecular weight excluding hydrogens is 472 g/mol. The van der Waals surface area contributed by atoms with Gasteiger partial charge in [-0.05, 0) is 37.0 Å². The van der Waals surface area contributed by atoms with E-state index in [-0.39, 0.29) is 36.7 Å². The van der Waals surface area contributed by atoms with Crippen molar-refractivity contribution in [2.75, 3.05) is 6.54 Å². The highest BCUT2D eigenvalue weighted by molar-refractivity contribution is 5.93. The average Bonchev–Trinajstić information content (AvgIpc) is 3.43. The number of aromatic nitrogens is 3. The Labute approximate surface area is 219 Å². The lowest BCUT2D eigenvalue weighted by molar-refractivity contribution is -0.144. The van der Waals surface area contributed by atoms with Gasteiger partial charge in [0.2, 0.25) is 17.7 Å². The van der Waals surface area contributed by atoms with Gasteiger partial charge in [-0.25, -0.2) is 4.68 Å². The number of amides is 3. The van der Waals surface area contributed by atoms with Gasteiger partial charge in [0, 0.05) is 31.1 Å². The molecule has 1 saturated heterocycles. The highest BCUT2D eigenvalue weighted by Crippen LogP contribution is 2.40. The van der Waals surface area contributed by atoms with Crippen molar-refractivity contribution in [3.63, 3.8) is 0 Å². The summed E-state index contributed by atoms with van der Waals surface area (Å²) in [5, 5.41) is 25.1. The number of rotatable bonds is 8. The molecule has 0 spiro atoms. The molecule has 10 heteroatoms. The number of aliphatic hydroxyl groups excluding tert-OH is 1. The second-order valence-corrected chi connectivity index (χ2v) is 12.6. The summed E-state index contributed by atoms with van der Waals surface area (Å²) in [6, 6.07) is -2.11. The van der Waals surface area contributed by atoms with Crippen molar-refractivity contribution in [2.24, 2.45) is 11.3 Å². The summed E-state index contributed by atoms with van der Waals surface area (Å²) in [7, 11) is 0. The number of likely N-dealkylation sites (tertiary alicyclic amines) is 1. The van der Waals surface area contributed by atoms with E-state index in [4.69, 9.17) is 0 Å². The second-order valence-electron chi connectivity index (χ2n) is 12.6. The molecule has 3 fully saturated rings. The molecule has 4 atom stereocenters. The fourth-order valence-corrected chi connectivity index (χ4v) is 5.65. The fraction of sp³-hybridized carbons (Fsp3) is 0.815. The first-order chi connectivity index (χ1) is 17.5. The molecule has 2 unspecified atom stereocenters. The standard InChI is InChI=1S/C27H44N6O4/c1-16(2)22(25(36)28-18-9-7-6-8-10-18)29-24(35)21-13-19(34)14-32(21)26(37)23(27(3,4)5)33-15-20(30-31-33)17-11-12-17/h15-19,21-23,34H,6-14H2,1-5H3,(H,28,36)(H,29,35)/t19?,21?,22-,23+/m0/s1. The Bertz CT molecular complexity index is 976. The molecular formula is C27H44N6O4. The zero-order valence-electron chi connectivity index (χ0n) is 22.9. The van der Waals surface area contributed by atoms with Crippen LogP contribution in [0.5, 0.6) is 0 Å². The molecule has 206 valence electrons. The van der Waals surface area contributed by atoms with Gasteiger partial charge in [0.15, 0.2) is 0 Å². The highest BCUT2D eigenvalue weighted by atomic mass is 16.3. The van der Waals surface area contributed by atoms with Crippen molar-refractivity contribution in [3.05, 3.63) is 11.9 Å². The summed E-state index contributed by atoms with van der Waals surface area (Å²) in [5.74, 6) is -0.586. The maximum Gasteiger partial charge on any atom is 0.248 e. The van der Waals surface area contributed by atoms with Gasteiger partial charge in [-0.15, -0.1) is 5.10 Å². The molecule has 1 aliphatic heterocycles. The SMILES string of the molecule is CC(C)[C@H](NC(=O)C1CC(O)CN1C(=O)[C@@H](n1cc(C2CC2)nn1)C(C)(C)C)C(=O)NC1CCCCC1. The number of nitrogens with zero attached hydrogens (tertiary/aromatic N) is 4. The van der Waals surface area contributed by atoms with Crippen LogP contribution in [0.4, 0.5) is 0 Å². The molecule has 3 aliphatic rings. The van der Waals surface area contributed by atoms with Crippen molar-refractivity contribution < 1.29 is 19.5 Å². The minimum atomic E-state index is -0.859. The van der Waals surface area contributed by atoms with E-state index in [0.29, 0.717) is 5.92 Å². The highest BCUT2D eigenvalue weighted by Gasteiger charge is 2.46. The third-order valence-electron chi connectivity index (χ3n) is 7.91. The van der Waals surface area contributed by atoms with Crippen LogP contribution in [-0.4, -0.2) is 73.5 Å². The maximum absolute atomic E-state index is 13.9. The molecule has 3 N–H and O–H groups in total. The van der Waals surface area contributed by atoms with Crippen LogP contribution in [0, 0.1) is 11.3 Å². The van der Waals surface area contributed by atoms with E-state index in [9.17, 15) is 19.5 Å². The predicted octanol–water partition coefficient (Wildman–Crippen LogP) is 2.29. The first kappa shape index (κ1) is 27.5. The van der Waals surface area contributed by atoms with E-state index in [2.05, 4.69) is 20.9 Å². The normalized spacial score (nSPS) is 24.7. The molecule has 37 heavy (non-hydrogen) atoms. The monoisotopic (exact) mass is 516 g/mol. The minimum absolute atomic E-state index is 0.0638. The smallest absolute Gasteiger partial charge is 0.248 e. The molecule has 1 aromatic rings. The lowest BCUT2D eigenvalue weighted by Crippen LogP contribution is -2.57. The Kier molecular flexibility index (Phi) is 8.26. The Hall–Kier alpha value is -2.49. The van der Waals surface area contributed by atoms with Gasteiger partial charge >= 0.3 is 0 Å². The number of aliphatic hydroxyl groups is 1. The summed E-state index contributed by atoms with van der Waals surface area (Å²) in [6.45, 7) is 9.74. The van der Waals surface area contributed by atoms with Crippen LogP contribution in [0.1, 0.15) is 104 Å². The van der Waals surface area contributed by atoms with Gasteiger partial charge in [-0.2, -0.15) is 0 Å². The number of carbonyl (C=O) groups is 3. The Morgan fingerprint density at radius 1 is 1.08 bits per heavy atom. The first-order valence-electron chi connectivity index (χ1n) is 14.0. The van der Waals surface area contributed by atoms with Crippen LogP contribution in [0.25, 0.3) is 0 Å². The summed E-state index contributed by atoms with van der Waals surface area (Å²) in [6.07, 6.45) is 8.64. The number of hydrogen-bond donors (Lipinski definition) is 3. The van der Waals surface area contributed by atoms with Gasteiger partial charge in [0.05, 0.1) is 11.8 Å². The molecule has 4 rings (SSSR count). The van der Waals surface area contributed by atoms with E-state index in [1.54, 1.807) is 4.68 Å². The number of carbonyl (C=O) groups excluding carboxylic acids is 3. The molecule has 2 saturated carbocycles. The van der Waals surface area contributed by atoms with Gasteiger partial charge in [-0.3, -0.25) is 14.4 Å². The minimum Gasteiger partial charge on any atom is -0.391 e. The molecule has 1 aromatic heterocycles. The first-order valence-corrected chi connectivity index (χ1v) is 14.0. The van der Waals surface area contributed by atoms with Gasteiger partial charge in [0.25, 0.3) is 0 Å². The van der Waals surface area contributed by atoms with Crippen molar-refractivity contribution in [1.82, 2.24) is 30.5 Å². The molecule has 3 amide bonds. The van der Waals surface area contributed by atoms with Crippen LogP contribution in [0.15, 0.2) is 6.20 Å². The number of hydrogen-bond acceptors (Lipinski definition) is 6. The zero-order chi connectivity index (χ0) is 26.9. The van der Waals surface area contributed by atoms with Crippen molar-refractivity contribution >= 4 is 17.7 Å². The van der Waals surface area contributed by atoms with Crippen LogP contribution in [-0.2, 0) is 14.4 Å².